The number of nitrogens with zero attached hydrogens (tertiary/aromatic N) is 2. The Hall–Kier alpha value is -3.58. The summed E-state index contributed by atoms with van der Waals surface area (Å²) in [6.45, 7) is 2.07. The number of ether oxygens (including phenoxy) is 2. The first kappa shape index (κ1) is 21.6. The van der Waals surface area contributed by atoms with Gasteiger partial charge in [-0.2, -0.15) is 0 Å². The minimum absolute atomic E-state index is 0.0626. The topological polar surface area (TPSA) is 78.4 Å². The van der Waals surface area contributed by atoms with E-state index in [4.69, 9.17) is 9.47 Å². The zero-order chi connectivity index (χ0) is 22.7. The number of methoxy groups -OCH3 is 2. The van der Waals surface area contributed by atoms with Crippen molar-refractivity contribution in [3.63, 3.8) is 0 Å². The minimum atomic E-state index is -0.196. The number of carbonyl (C=O) groups excluding carboxylic acids is 2. The number of fused-ring (bicyclic) bond motifs is 1. The summed E-state index contributed by atoms with van der Waals surface area (Å²) in [4.78, 5) is 34.2. The highest BCUT2D eigenvalue weighted by molar-refractivity contribution is 7.18. The molecule has 0 bridgehead atoms. The average Bonchev–Trinajstić information content (AvgIpc) is 3.27. The summed E-state index contributed by atoms with van der Waals surface area (Å²) in [6.07, 6.45) is 1.73. The van der Waals surface area contributed by atoms with Gasteiger partial charge < -0.3 is 9.47 Å². The van der Waals surface area contributed by atoms with Crippen LogP contribution in [0.3, 0.4) is 0 Å². The largest absolute Gasteiger partial charge is 0.493 e. The zero-order valence-electron chi connectivity index (χ0n) is 18.0. The van der Waals surface area contributed by atoms with Gasteiger partial charge in [-0.05, 0) is 36.8 Å². The van der Waals surface area contributed by atoms with Gasteiger partial charge in [-0.25, -0.2) is 9.97 Å². The highest BCUT2D eigenvalue weighted by atomic mass is 32.1. The maximum Gasteiger partial charge on any atom is 0.181 e. The smallest absolute Gasteiger partial charge is 0.181 e. The molecular weight excluding hydrogens is 424 g/mol. The van der Waals surface area contributed by atoms with Crippen molar-refractivity contribution in [2.24, 2.45) is 0 Å². The number of carbonyl (C=O) groups is 2. The maximum atomic E-state index is 12.8. The van der Waals surface area contributed by atoms with Gasteiger partial charge in [0.1, 0.15) is 5.69 Å². The first-order valence-electron chi connectivity index (χ1n) is 10.1. The second-order valence-electron chi connectivity index (χ2n) is 7.28. The van der Waals surface area contributed by atoms with Crippen LogP contribution in [-0.2, 0) is 0 Å². The molecule has 0 spiro atoms. The second kappa shape index (κ2) is 9.28. The Morgan fingerprint density at radius 2 is 1.75 bits per heavy atom. The van der Waals surface area contributed by atoms with Crippen molar-refractivity contribution < 1.29 is 19.1 Å². The van der Waals surface area contributed by atoms with Gasteiger partial charge in [0.05, 0.1) is 14.2 Å². The fourth-order valence-electron chi connectivity index (χ4n) is 3.53. The molecule has 4 rings (SSSR count). The van der Waals surface area contributed by atoms with Crippen molar-refractivity contribution in [3.05, 3.63) is 70.9 Å². The van der Waals surface area contributed by atoms with E-state index in [1.807, 2.05) is 17.5 Å². The molecule has 2 aromatic heterocycles. The number of rotatable bonds is 8. The number of ketones is 2. The van der Waals surface area contributed by atoms with Crippen molar-refractivity contribution >= 4 is 33.0 Å². The lowest BCUT2D eigenvalue weighted by molar-refractivity contribution is 0.0915. The highest BCUT2D eigenvalue weighted by Gasteiger charge is 2.16. The number of aromatic nitrogens is 2. The Bertz CT molecular complexity index is 1310. The Kier molecular flexibility index (Phi) is 6.28. The standard InChI is InChI=1S/C25H22N2O4S/c1-15-5-4-6-17-18(14-32-24(15)17)25-26-12-11-19(27-25)21(29)9-8-20(28)16-7-10-22(30-2)23(13-16)31-3/h4-7,10-14H,8-9H2,1-3H3. The van der Waals surface area contributed by atoms with Gasteiger partial charge in [-0.15, -0.1) is 11.3 Å². The van der Waals surface area contributed by atoms with E-state index in [0.717, 1.165) is 10.9 Å². The van der Waals surface area contributed by atoms with Crippen LogP contribution in [0.1, 0.15) is 39.3 Å². The van der Waals surface area contributed by atoms with E-state index < -0.39 is 0 Å². The molecule has 0 unspecified atom stereocenters. The molecule has 0 N–H and O–H groups in total. The number of thiophene rings is 1. The quantitative estimate of drug-likeness (QED) is 0.331. The van der Waals surface area contributed by atoms with E-state index in [2.05, 4.69) is 23.0 Å². The molecular formula is C25H22N2O4S. The van der Waals surface area contributed by atoms with E-state index in [0.29, 0.717) is 28.6 Å². The molecule has 2 heterocycles. The van der Waals surface area contributed by atoms with Crippen molar-refractivity contribution in [1.82, 2.24) is 9.97 Å². The molecule has 2 aromatic carbocycles. The van der Waals surface area contributed by atoms with Gasteiger partial charge in [-0.3, -0.25) is 9.59 Å². The van der Waals surface area contributed by atoms with Crippen LogP contribution in [0.15, 0.2) is 54.0 Å². The molecule has 0 saturated heterocycles. The fourth-order valence-corrected chi connectivity index (χ4v) is 4.56. The third-order valence-corrected chi connectivity index (χ3v) is 6.39. The van der Waals surface area contributed by atoms with E-state index in [1.54, 1.807) is 41.8 Å². The molecule has 32 heavy (non-hydrogen) atoms. The molecule has 0 amide bonds. The van der Waals surface area contributed by atoms with E-state index >= 15 is 0 Å². The van der Waals surface area contributed by atoms with Gasteiger partial charge in [0.15, 0.2) is 28.9 Å². The van der Waals surface area contributed by atoms with Crippen molar-refractivity contribution in [3.8, 4) is 22.9 Å². The molecule has 6 nitrogen and oxygen atoms in total. The average molecular weight is 447 g/mol. The van der Waals surface area contributed by atoms with Gasteiger partial charge in [0.25, 0.3) is 0 Å². The summed E-state index contributed by atoms with van der Waals surface area (Å²) >= 11 is 1.64. The van der Waals surface area contributed by atoms with Gasteiger partial charge in [-0.1, -0.05) is 18.2 Å². The van der Waals surface area contributed by atoms with E-state index in [1.165, 1.54) is 24.5 Å². The van der Waals surface area contributed by atoms with Crippen LogP contribution >= 0.6 is 11.3 Å². The summed E-state index contributed by atoms with van der Waals surface area (Å²) in [5.74, 6) is 1.19. The third-order valence-electron chi connectivity index (χ3n) is 5.26. The SMILES string of the molecule is COc1ccc(C(=O)CCC(=O)c2ccnc(-c3csc4c(C)cccc34)n2)cc1OC. The van der Waals surface area contributed by atoms with Crippen LogP contribution in [0.25, 0.3) is 21.5 Å². The molecule has 0 aliphatic carbocycles. The van der Waals surface area contributed by atoms with Crippen molar-refractivity contribution in [1.29, 1.82) is 0 Å². The fraction of sp³-hybridized carbons (Fsp3) is 0.200. The number of benzene rings is 2. The summed E-state index contributed by atoms with van der Waals surface area (Å²) in [5.41, 5.74) is 2.88. The van der Waals surface area contributed by atoms with Crippen LogP contribution in [0, 0.1) is 6.92 Å². The van der Waals surface area contributed by atoms with Crippen LogP contribution in [-0.4, -0.2) is 35.8 Å². The highest BCUT2D eigenvalue weighted by Crippen LogP contribution is 2.34. The summed E-state index contributed by atoms with van der Waals surface area (Å²) in [6, 6.07) is 12.7. The van der Waals surface area contributed by atoms with Crippen LogP contribution < -0.4 is 9.47 Å². The van der Waals surface area contributed by atoms with Gasteiger partial charge in [0, 0.05) is 45.6 Å². The second-order valence-corrected chi connectivity index (χ2v) is 8.16. The van der Waals surface area contributed by atoms with E-state index in [9.17, 15) is 9.59 Å². The third kappa shape index (κ3) is 4.24. The predicted octanol–water partition coefficient (Wildman–Crippen LogP) is 5.53. The number of hydrogen-bond acceptors (Lipinski definition) is 7. The molecule has 0 radical (unpaired) electrons. The predicted molar refractivity (Wildman–Crippen MR) is 125 cm³/mol. The lowest BCUT2D eigenvalue weighted by Crippen LogP contribution is -2.08. The first-order chi connectivity index (χ1) is 15.5. The molecule has 0 fully saturated rings. The monoisotopic (exact) mass is 446 g/mol. The van der Waals surface area contributed by atoms with Crippen LogP contribution in [0.2, 0.25) is 0 Å². The molecule has 7 heteroatoms. The minimum Gasteiger partial charge on any atom is -0.493 e. The van der Waals surface area contributed by atoms with Gasteiger partial charge in [0.2, 0.25) is 0 Å². The molecule has 0 saturated carbocycles. The maximum absolute atomic E-state index is 12.8. The van der Waals surface area contributed by atoms with Crippen LogP contribution in [0.5, 0.6) is 11.5 Å². The van der Waals surface area contributed by atoms with Gasteiger partial charge >= 0.3 is 0 Å². The lowest BCUT2D eigenvalue weighted by atomic mass is 10.0. The lowest BCUT2D eigenvalue weighted by Gasteiger charge is -2.09. The van der Waals surface area contributed by atoms with Crippen molar-refractivity contribution in [2.75, 3.05) is 14.2 Å². The Morgan fingerprint density at radius 3 is 2.53 bits per heavy atom. The normalized spacial score (nSPS) is 10.8. The number of hydrogen-bond donors (Lipinski definition) is 0. The number of aryl methyl sites for hydroxylation is 1. The molecule has 0 aliphatic rings. The molecule has 162 valence electrons. The summed E-state index contributed by atoms with van der Waals surface area (Å²) < 4.78 is 11.6. The zero-order valence-corrected chi connectivity index (χ0v) is 18.9. The Labute approximate surface area is 189 Å². The molecule has 4 aromatic rings. The molecule has 0 aliphatic heterocycles. The summed E-state index contributed by atoms with van der Waals surface area (Å²) in [7, 11) is 3.05. The number of Topliss-reactive ketones (excluding diaryl/α,β-unsaturated/α-hetero) is 2. The molecule has 0 atom stereocenters. The van der Waals surface area contributed by atoms with E-state index in [-0.39, 0.29) is 24.4 Å². The summed E-state index contributed by atoms with van der Waals surface area (Å²) in [5, 5.41) is 3.09. The first-order valence-corrected chi connectivity index (χ1v) is 11.0. The Morgan fingerprint density at radius 1 is 0.969 bits per heavy atom. The Balaban J connectivity index is 1.50. The van der Waals surface area contributed by atoms with Crippen LogP contribution in [0.4, 0.5) is 0 Å². The van der Waals surface area contributed by atoms with Crippen molar-refractivity contribution in [2.45, 2.75) is 19.8 Å².